The second-order valence-electron chi connectivity index (χ2n) is 4.42. The van der Waals surface area contributed by atoms with Gasteiger partial charge >= 0.3 is 12.1 Å². The van der Waals surface area contributed by atoms with Crippen LogP contribution in [0, 0.1) is 11.6 Å². The zero-order valence-corrected chi connectivity index (χ0v) is 10.8. The van der Waals surface area contributed by atoms with Crippen LogP contribution in [0.2, 0.25) is 0 Å². The van der Waals surface area contributed by atoms with Crippen molar-refractivity contribution in [3.8, 4) is 11.3 Å². The van der Waals surface area contributed by atoms with Crippen LogP contribution in [0.25, 0.3) is 11.3 Å². The molecular weight excluding hydrogens is 309 g/mol. The quantitative estimate of drug-likeness (QED) is 0.879. The third kappa shape index (κ3) is 3.38. The van der Waals surface area contributed by atoms with E-state index in [9.17, 15) is 26.7 Å². The van der Waals surface area contributed by atoms with Gasteiger partial charge in [0.2, 0.25) is 0 Å². The number of carbonyl (C=O) groups is 1. The van der Waals surface area contributed by atoms with Gasteiger partial charge in [0, 0.05) is 5.56 Å². The Morgan fingerprint density at radius 3 is 2.45 bits per heavy atom. The number of alkyl halides is 3. The fraction of sp³-hybridized carbons (Fsp3) is 0.143. The van der Waals surface area contributed by atoms with Gasteiger partial charge in [0.25, 0.3) is 0 Å². The second kappa shape index (κ2) is 5.70. The number of carboxylic acid groups (broad SMARTS) is 1. The van der Waals surface area contributed by atoms with Gasteiger partial charge in [0.05, 0.1) is 12.1 Å². The average molecular weight is 317 g/mol. The minimum absolute atomic E-state index is 0.214. The summed E-state index contributed by atoms with van der Waals surface area (Å²) in [6.07, 6.45) is -5.54. The highest BCUT2D eigenvalue weighted by Crippen LogP contribution is 2.32. The summed E-state index contributed by atoms with van der Waals surface area (Å²) in [6.45, 7) is 0. The predicted molar refractivity (Wildman–Crippen MR) is 65.9 cm³/mol. The van der Waals surface area contributed by atoms with Gasteiger partial charge in [-0.3, -0.25) is 4.79 Å². The minimum Gasteiger partial charge on any atom is -0.481 e. The van der Waals surface area contributed by atoms with Crippen LogP contribution in [0.1, 0.15) is 11.3 Å². The van der Waals surface area contributed by atoms with Crippen LogP contribution in [-0.4, -0.2) is 16.1 Å². The van der Waals surface area contributed by atoms with Gasteiger partial charge in [-0.15, -0.1) is 0 Å². The van der Waals surface area contributed by atoms with E-state index in [4.69, 9.17) is 5.11 Å². The number of benzene rings is 1. The molecule has 1 heterocycles. The molecule has 0 fully saturated rings. The van der Waals surface area contributed by atoms with E-state index in [-0.39, 0.29) is 5.56 Å². The van der Waals surface area contributed by atoms with Crippen molar-refractivity contribution in [3.63, 3.8) is 0 Å². The Balaban J connectivity index is 2.64. The molecule has 3 nitrogen and oxygen atoms in total. The Morgan fingerprint density at radius 1 is 1.18 bits per heavy atom. The molecule has 0 atom stereocenters. The zero-order valence-electron chi connectivity index (χ0n) is 10.8. The number of carboxylic acids is 1. The molecule has 0 aliphatic rings. The summed E-state index contributed by atoms with van der Waals surface area (Å²) >= 11 is 0. The van der Waals surface area contributed by atoms with Crippen LogP contribution in [0.3, 0.4) is 0 Å². The van der Waals surface area contributed by atoms with Crippen molar-refractivity contribution in [2.24, 2.45) is 0 Å². The molecule has 1 aromatic heterocycles. The van der Waals surface area contributed by atoms with E-state index < -0.39 is 47.2 Å². The monoisotopic (exact) mass is 317 g/mol. The molecule has 2 aromatic rings. The molecule has 8 heteroatoms. The number of hydrogen-bond acceptors (Lipinski definition) is 2. The maximum absolute atomic E-state index is 13.7. The normalized spacial score (nSPS) is 11.5. The molecule has 0 amide bonds. The van der Waals surface area contributed by atoms with Crippen LogP contribution in [0.5, 0.6) is 0 Å². The van der Waals surface area contributed by atoms with Gasteiger partial charge in [-0.1, -0.05) is 6.07 Å². The predicted octanol–water partition coefficient (Wildman–Crippen LogP) is 3.67. The SMILES string of the molecule is O=C(O)Cc1cc(-c2cccc(F)c2F)nc(C(F)(F)F)c1. The topological polar surface area (TPSA) is 50.2 Å². The lowest BCUT2D eigenvalue weighted by Gasteiger charge is -2.11. The molecule has 1 N–H and O–H groups in total. The number of aromatic nitrogens is 1. The Kier molecular flexibility index (Phi) is 4.11. The first kappa shape index (κ1) is 15.9. The molecule has 0 aliphatic carbocycles. The molecule has 0 radical (unpaired) electrons. The standard InChI is InChI=1S/C14H8F5NO2/c15-9-3-1-2-8(13(9)16)10-4-7(6-12(21)22)5-11(20-10)14(17,18)19/h1-5H,6H2,(H,21,22). The van der Waals surface area contributed by atoms with E-state index in [0.29, 0.717) is 6.07 Å². The molecule has 1 aromatic carbocycles. The lowest BCUT2D eigenvalue weighted by molar-refractivity contribution is -0.141. The van der Waals surface area contributed by atoms with E-state index in [1.54, 1.807) is 0 Å². The molecule has 2 rings (SSSR count). The van der Waals surface area contributed by atoms with Gasteiger partial charge < -0.3 is 5.11 Å². The lowest BCUT2D eigenvalue weighted by Crippen LogP contribution is -2.11. The van der Waals surface area contributed by atoms with Crippen molar-refractivity contribution in [2.75, 3.05) is 0 Å². The van der Waals surface area contributed by atoms with E-state index >= 15 is 0 Å². The summed E-state index contributed by atoms with van der Waals surface area (Å²) in [5, 5.41) is 8.69. The fourth-order valence-corrected chi connectivity index (χ4v) is 1.85. The number of aliphatic carboxylic acids is 1. The summed E-state index contributed by atoms with van der Waals surface area (Å²) in [5.41, 5.74) is -2.54. The summed E-state index contributed by atoms with van der Waals surface area (Å²) in [5.74, 6) is -3.95. The highest BCUT2D eigenvalue weighted by molar-refractivity contribution is 5.71. The maximum Gasteiger partial charge on any atom is 0.433 e. The van der Waals surface area contributed by atoms with Crippen LogP contribution in [-0.2, 0) is 17.4 Å². The number of nitrogens with zero attached hydrogens (tertiary/aromatic N) is 1. The van der Waals surface area contributed by atoms with Crippen LogP contribution in [0.15, 0.2) is 30.3 Å². The smallest absolute Gasteiger partial charge is 0.433 e. The van der Waals surface area contributed by atoms with Crippen molar-refractivity contribution in [1.29, 1.82) is 0 Å². The average Bonchev–Trinajstić information content (AvgIpc) is 2.39. The van der Waals surface area contributed by atoms with Crippen molar-refractivity contribution >= 4 is 5.97 Å². The molecular formula is C14H8F5NO2. The van der Waals surface area contributed by atoms with Gasteiger partial charge in [-0.2, -0.15) is 13.2 Å². The molecule has 116 valence electrons. The fourth-order valence-electron chi connectivity index (χ4n) is 1.85. The zero-order chi connectivity index (χ0) is 16.5. The van der Waals surface area contributed by atoms with Crippen LogP contribution in [0.4, 0.5) is 22.0 Å². The highest BCUT2D eigenvalue weighted by Gasteiger charge is 2.33. The molecule has 0 aliphatic heterocycles. The first-order valence-corrected chi connectivity index (χ1v) is 5.93. The number of hydrogen-bond donors (Lipinski definition) is 1. The summed E-state index contributed by atoms with van der Waals surface area (Å²) in [6, 6.07) is 4.54. The highest BCUT2D eigenvalue weighted by atomic mass is 19.4. The third-order valence-corrected chi connectivity index (χ3v) is 2.76. The van der Waals surface area contributed by atoms with Crippen molar-refractivity contribution in [2.45, 2.75) is 12.6 Å². The summed E-state index contributed by atoms with van der Waals surface area (Å²) in [7, 11) is 0. The van der Waals surface area contributed by atoms with Gasteiger partial charge in [0.15, 0.2) is 11.6 Å². The number of rotatable bonds is 3. The number of halogens is 5. The van der Waals surface area contributed by atoms with E-state index in [1.807, 2.05) is 0 Å². The van der Waals surface area contributed by atoms with Crippen molar-refractivity contribution in [1.82, 2.24) is 4.98 Å². The minimum atomic E-state index is -4.84. The van der Waals surface area contributed by atoms with Crippen LogP contribution < -0.4 is 0 Å². The molecule has 0 unspecified atom stereocenters. The van der Waals surface area contributed by atoms with Gasteiger partial charge in [-0.25, -0.2) is 13.8 Å². The lowest BCUT2D eigenvalue weighted by atomic mass is 10.1. The van der Waals surface area contributed by atoms with E-state index in [0.717, 1.165) is 24.3 Å². The van der Waals surface area contributed by atoms with E-state index in [1.165, 1.54) is 0 Å². The Morgan fingerprint density at radius 2 is 1.86 bits per heavy atom. The van der Waals surface area contributed by atoms with Crippen molar-refractivity contribution < 1.29 is 31.9 Å². The first-order chi connectivity index (χ1) is 10.2. The van der Waals surface area contributed by atoms with Gasteiger partial charge in [0.1, 0.15) is 5.69 Å². The summed E-state index contributed by atoms with van der Waals surface area (Å²) in [4.78, 5) is 13.9. The van der Waals surface area contributed by atoms with Crippen molar-refractivity contribution in [3.05, 3.63) is 53.2 Å². The van der Waals surface area contributed by atoms with Gasteiger partial charge in [-0.05, 0) is 29.8 Å². The largest absolute Gasteiger partial charge is 0.481 e. The molecule has 0 bridgehead atoms. The number of pyridine rings is 1. The van der Waals surface area contributed by atoms with E-state index in [2.05, 4.69) is 4.98 Å². The molecule has 0 saturated heterocycles. The Hall–Kier alpha value is -2.51. The second-order valence-corrected chi connectivity index (χ2v) is 4.42. The maximum atomic E-state index is 13.7. The summed E-state index contributed by atoms with van der Waals surface area (Å²) < 4.78 is 65.3. The molecule has 22 heavy (non-hydrogen) atoms. The Labute approximate surface area is 121 Å². The molecule has 0 saturated carbocycles. The van der Waals surface area contributed by atoms with Crippen LogP contribution >= 0.6 is 0 Å². The molecule has 0 spiro atoms. The Bertz CT molecular complexity index is 728. The first-order valence-electron chi connectivity index (χ1n) is 5.93. The third-order valence-electron chi connectivity index (χ3n) is 2.76.